The van der Waals surface area contributed by atoms with Gasteiger partial charge in [0, 0.05) is 31.4 Å². The van der Waals surface area contributed by atoms with Crippen LogP contribution in [0.1, 0.15) is 199 Å². The lowest BCUT2D eigenvalue weighted by Gasteiger charge is -2.23. The number of imidazole rings is 1. The number of nitrogens with one attached hydrogen (secondary N) is 2. The van der Waals surface area contributed by atoms with Crippen molar-refractivity contribution in [1.29, 1.82) is 0 Å². The fourth-order valence-electron chi connectivity index (χ4n) is 7.11. The number of aromatic amines is 1. The van der Waals surface area contributed by atoms with Gasteiger partial charge in [-0.1, -0.05) is 181 Å². The lowest BCUT2D eigenvalue weighted by atomic mass is 9.95. The third kappa shape index (κ3) is 32.8. The number of hydrogen-bond acceptors (Lipinski definition) is 8. The van der Waals surface area contributed by atoms with Gasteiger partial charge in [0.2, 0.25) is 5.91 Å². The molecule has 2 N–H and O–H groups in total. The summed E-state index contributed by atoms with van der Waals surface area (Å²) in [6.07, 6.45) is 41.2. The Morgan fingerprint density at radius 3 is 1.52 bits per heavy atom. The van der Waals surface area contributed by atoms with Gasteiger partial charge in [-0.3, -0.25) is 9.59 Å². The van der Waals surface area contributed by atoms with Gasteiger partial charge in [0.15, 0.2) is 0 Å². The molecule has 10 nitrogen and oxygen atoms in total. The number of amides is 1. The zero-order chi connectivity index (χ0) is 40.4. The Labute approximate surface area is 343 Å². The molecule has 1 aromatic rings. The molecule has 323 valence electrons. The zero-order valence-electron chi connectivity index (χ0n) is 36.2. The summed E-state index contributed by atoms with van der Waals surface area (Å²) < 4.78 is 16.6. The highest BCUT2D eigenvalue weighted by Gasteiger charge is 2.21. The molecule has 1 aromatic heterocycles. The van der Waals surface area contributed by atoms with Gasteiger partial charge < -0.3 is 34.1 Å². The highest BCUT2D eigenvalue weighted by atomic mass is 16.6. The number of carbonyl (C=O) groups is 3. The maximum atomic E-state index is 13.2. The number of esters is 1. The van der Waals surface area contributed by atoms with E-state index in [1.165, 1.54) is 181 Å². The number of rotatable bonds is 44. The van der Waals surface area contributed by atoms with Crippen LogP contribution in [0.15, 0.2) is 12.5 Å². The van der Waals surface area contributed by atoms with E-state index in [1.54, 1.807) is 6.20 Å². The molecule has 56 heavy (non-hydrogen) atoms. The fraction of sp³-hybridized carbons (Fsp3) is 0.867. The van der Waals surface area contributed by atoms with Crippen LogP contribution in [0.25, 0.3) is 0 Å². The molecule has 1 heterocycles. The monoisotopic (exact) mass is 788 g/mol. The average Bonchev–Trinajstić information content (AvgIpc) is 3.73. The molecule has 11 heteroatoms. The summed E-state index contributed by atoms with van der Waals surface area (Å²) in [6, 6.07) is -0.716. The van der Waals surface area contributed by atoms with Crippen molar-refractivity contribution in [2.75, 3.05) is 46.1 Å². The summed E-state index contributed by atoms with van der Waals surface area (Å²) in [5.41, 5.74) is 0.749. The number of unbranched alkanes of at least 4 members (excludes halogenated alkanes) is 26. The van der Waals surface area contributed by atoms with Crippen LogP contribution in [0.5, 0.6) is 0 Å². The van der Waals surface area contributed by atoms with Crippen molar-refractivity contribution in [3.8, 4) is 0 Å². The summed E-state index contributed by atoms with van der Waals surface area (Å²) in [6.45, 7) is 7.11. The third-order valence-corrected chi connectivity index (χ3v) is 10.6. The maximum Gasteiger partial charge on any atom is 0.322 e. The quantitative estimate of drug-likeness (QED) is 0.0290. The summed E-state index contributed by atoms with van der Waals surface area (Å²) >= 11 is 0. The molecule has 0 aromatic carbocycles. The van der Waals surface area contributed by atoms with E-state index in [0.717, 1.165) is 31.6 Å². The topological polar surface area (TPSA) is 123 Å². The molecular formula is C45H84BN4O6. The largest absolute Gasteiger partial charge is 0.462 e. The summed E-state index contributed by atoms with van der Waals surface area (Å²) in [7, 11) is 1.18. The molecule has 0 saturated carbocycles. The van der Waals surface area contributed by atoms with E-state index in [9.17, 15) is 14.4 Å². The Kier molecular flexibility index (Phi) is 37.9. The second-order valence-electron chi connectivity index (χ2n) is 15.7. The minimum atomic E-state index is -0.716. The highest BCUT2D eigenvalue weighted by Crippen LogP contribution is 2.15. The predicted octanol–water partition coefficient (Wildman–Crippen LogP) is 10.1. The van der Waals surface area contributed by atoms with Gasteiger partial charge in [-0.2, -0.15) is 0 Å². The molecule has 0 saturated heterocycles. The number of aromatic nitrogens is 2. The number of ether oxygens (including phenoxy) is 3. The van der Waals surface area contributed by atoms with Gasteiger partial charge in [-0.05, 0) is 12.8 Å². The van der Waals surface area contributed by atoms with Gasteiger partial charge in [0.25, 0.3) is 7.41 Å². The van der Waals surface area contributed by atoms with Crippen LogP contribution in [0.4, 0.5) is 0 Å². The van der Waals surface area contributed by atoms with Crippen LogP contribution >= 0.6 is 0 Å². The lowest BCUT2D eigenvalue weighted by molar-refractivity contribution is -0.147. The Balaban J connectivity index is 2.26. The van der Waals surface area contributed by atoms with E-state index in [-0.39, 0.29) is 25.7 Å². The Morgan fingerprint density at radius 1 is 0.661 bits per heavy atom. The first-order chi connectivity index (χ1) is 27.6. The molecule has 0 aliphatic heterocycles. The maximum absolute atomic E-state index is 13.2. The fourth-order valence-corrected chi connectivity index (χ4v) is 7.11. The minimum Gasteiger partial charge on any atom is -0.462 e. The second-order valence-corrected chi connectivity index (χ2v) is 15.7. The first kappa shape index (κ1) is 51.8. The molecule has 0 aliphatic carbocycles. The molecule has 0 aliphatic rings. The second kappa shape index (κ2) is 40.9. The van der Waals surface area contributed by atoms with Gasteiger partial charge >= 0.3 is 5.97 Å². The molecule has 0 spiro atoms. The first-order valence-corrected chi connectivity index (χ1v) is 23.2. The van der Waals surface area contributed by atoms with Crippen molar-refractivity contribution in [2.45, 2.75) is 206 Å². The first-order valence-electron chi connectivity index (χ1n) is 23.2. The van der Waals surface area contributed by atoms with E-state index >= 15 is 0 Å². The van der Waals surface area contributed by atoms with E-state index in [2.05, 4.69) is 29.0 Å². The van der Waals surface area contributed by atoms with E-state index in [1.807, 2.05) is 4.90 Å². The SMILES string of the molecule is CCCCCCCCCCCCCCCCN(CCCCCCCCCCCCCCCC)C(=O)COCCOCCOC(=O)C(Cc1cnc[nH]1)N[B]C=O. The van der Waals surface area contributed by atoms with Crippen molar-refractivity contribution in [3.63, 3.8) is 0 Å². The molecule has 0 bridgehead atoms. The predicted molar refractivity (Wildman–Crippen MR) is 232 cm³/mol. The molecular weight excluding hydrogens is 703 g/mol. The Bertz CT molecular complexity index is 969. The van der Waals surface area contributed by atoms with E-state index in [4.69, 9.17) is 14.2 Å². The minimum absolute atomic E-state index is 0.0593. The molecule has 1 rings (SSSR count). The van der Waals surface area contributed by atoms with Crippen LogP contribution in [-0.2, 0) is 35.0 Å². The Hall–Kier alpha value is -2.24. The molecule has 0 fully saturated rings. The molecule has 1 radical (unpaired) electrons. The number of H-pyrrole nitrogens is 1. The smallest absolute Gasteiger partial charge is 0.322 e. The Morgan fingerprint density at radius 2 is 1.09 bits per heavy atom. The van der Waals surface area contributed by atoms with Crippen molar-refractivity contribution < 1.29 is 28.6 Å². The summed E-state index contributed by atoms with van der Waals surface area (Å²) in [5.74, 6) is -0.424. The van der Waals surface area contributed by atoms with Crippen molar-refractivity contribution in [1.82, 2.24) is 20.1 Å². The van der Waals surface area contributed by atoms with Crippen LogP contribution in [0.3, 0.4) is 0 Å². The van der Waals surface area contributed by atoms with Gasteiger partial charge in [0.05, 0.1) is 32.3 Å². The number of hydrogen-bond donors (Lipinski definition) is 2. The van der Waals surface area contributed by atoms with Crippen LogP contribution in [0.2, 0.25) is 0 Å². The van der Waals surface area contributed by atoms with Gasteiger partial charge in [0.1, 0.15) is 19.3 Å². The summed E-state index contributed by atoms with van der Waals surface area (Å²) in [4.78, 5) is 45.4. The van der Waals surface area contributed by atoms with Crippen molar-refractivity contribution >= 4 is 25.5 Å². The van der Waals surface area contributed by atoms with Crippen LogP contribution in [-0.4, -0.2) is 92.5 Å². The van der Waals surface area contributed by atoms with Crippen molar-refractivity contribution in [2.24, 2.45) is 0 Å². The van der Waals surface area contributed by atoms with Gasteiger partial charge in [-0.25, -0.2) is 4.98 Å². The number of carbonyl (C=O) groups excluding carboxylic acids is 3. The average molecular weight is 788 g/mol. The molecule has 1 atom stereocenters. The lowest BCUT2D eigenvalue weighted by Crippen LogP contribution is -2.42. The van der Waals surface area contributed by atoms with Crippen molar-refractivity contribution in [3.05, 3.63) is 18.2 Å². The van der Waals surface area contributed by atoms with Crippen LogP contribution in [0, 0.1) is 0 Å². The zero-order valence-corrected chi connectivity index (χ0v) is 36.2. The normalized spacial score (nSPS) is 11.8. The molecule has 1 amide bonds. The van der Waals surface area contributed by atoms with Gasteiger partial charge in [-0.15, -0.1) is 0 Å². The third-order valence-electron chi connectivity index (χ3n) is 10.6. The van der Waals surface area contributed by atoms with E-state index < -0.39 is 12.0 Å². The highest BCUT2D eigenvalue weighted by molar-refractivity contribution is 6.64. The summed E-state index contributed by atoms with van der Waals surface area (Å²) in [5, 5.41) is 2.76. The standard InChI is InChI=1S/C45H84BN4O6/c1-3-5-7-9-11-13-15-17-19-21-23-25-27-29-31-50(32-30-28-26-24-22-20-18-16-14-12-10-8-6-4-2)44(52)39-55-34-33-54-35-36-56-45(53)43(49-46-40-51)37-42-38-47-41-48-42/h38,40-41,43,49H,3-37,39H2,1-2H3,(H,47,48). The van der Waals surface area contributed by atoms with Crippen LogP contribution < -0.4 is 5.23 Å². The number of nitrogens with zero attached hydrogens (tertiary/aromatic N) is 2. The van der Waals surface area contributed by atoms with E-state index in [0.29, 0.717) is 25.8 Å². The molecule has 1 unspecified atom stereocenters.